The van der Waals surface area contributed by atoms with Crippen molar-refractivity contribution < 1.29 is 24.9 Å². The number of hydrogen-bond donors (Lipinski definition) is 3. The summed E-state index contributed by atoms with van der Waals surface area (Å²) in [6.45, 7) is -0.808. The second-order valence-corrected chi connectivity index (χ2v) is 1.46. The third-order valence-corrected chi connectivity index (χ3v) is 0.673. The van der Waals surface area contributed by atoms with Gasteiger partial charge in [0.2, 0.25) is 5.76 Å². The van der Waals surface area contributed by atoms with E-state index in [2.05, 4.69) is 0 Å². The van der Waals surface area contributed by atoms with Crippen LogP contribution in [0.2, 0.25) is 0 Å². The maximum Gasteiger partial charge on any atom is 0.371 e. The average Bonchev–Trinajstić information content (AvgIpc) is 1.87. The average molecular weight is 146 g/mol. The predicted octanol–water partition coefficient (Wildman–Crippen LogP) is -0.926. The zero-order valence-corrected chi connectivity index (χ0v) is 4.94. The lowest BCUT2D eigenvalue weighted by Gasteiger charge is -1.88. The van der Waals surface area contributed by atoms with Crippen molar-refractivity contribution in [3.8, 4) is 0 Å². The number of ketones is 1. The van der Waals surface area contributed by atoms with Crippen molar-refractivity contribution in [2.75, 3.05) is 6.61 Å². The Morgan fingerprint density at radius 2 is 1.80 bits per heavy atom. The minimum Gasteiger partial charge on any atom is -0.502 e. The second-order valence-electron chi connectivity index (χ2n) is 1.46. The molecule has 0 unspecified atom stereocenters. The fourth-order valence-electron chi connectivity index (χ4n) is 0.260. The van der Waals surface area contributed by atoms with Gasteiger partial charge in [-0.2, -0.15) is 0 Å². The van der Waals surface area contributed by atoms with Crippen molar-refractivity contribution in [2.45, 2.75) is 0 Å². The number of carbonyl (C=O) groups is 2. The Hall–Kier alpha value is -1.36. The molecule has 5 nitrogen and oxygen atoms in total. The van der Waals surface area contributed by atoms with Crippen LogP contribution in [0, 0.1) is 0 Å². The summed E-state index contributed by atoms with van der Waals surface area (Å²) in [6, 6.07) is 0. The van der Waals surface area contributed by atoms with Gasteiger partial charge in [0.25, 0.3) is 0 Å². The largest absolute Gasteiger partial charge is 0.502 e. The predicted molar refractivity (Wildman–Crippen MR) is 30.4 cm³/mol. The molecule has 0 aliphatic carbocycles. The van der Waals surface area contributed by atoms with Gasteiger partial charge in [0, 0.05) is 6.08 Å². The van der Waals surface area contributed by atoms with Crippen LogP contribution in [-0.4, -0.2) is 33.7 Å². The number of aliphatic hydroxyl groups is 2. The molecule has 0 amide bonds. The van der Waals surface area contributed by atoms with Gasteiger partial charge >= 0.3 is 5.97 Å². The number of carboxylic acids is 1. The minimum atomic E-state index is -1.60. The van der Waals surface area contributed by atoms with E-state index in [0.29, 0.717) is 6.08 Å². The molecule has 3 N–H and O–H groups in total. The van der Waals surface area contributed by atoms with Crippen molar-refractivity contribution in [3.63, 3.8) is 0 Å². The van der Waals surface area contributed by atoms with Crippen molar-refractivity contribution >= 4 is 11.8 Å². The Morgan fingerprint density at radius 3 is 2.10 bits per heavy atom. The lowest BCUT2D eigenvalue weighted by atomic mass is 10.3. The zero-order chi connectivity index (χ0) is 8.15. The molecular formula is C5H6O5. The van der Waals surface area contributed by atoms with Crippen molar-refractivity contribution in [1.29, 1.82) is 0 Å². The van der Waals surface area contributed by atoms with Gasteiger partial charge in [0.1, 0.15) is 6.61 Å². The topological polar surface area (TPSA) is 94.8 Å². The summed E-state index contributed by atoms with van der Waals surface area (Å²) in [5.74, 6) is -3.51. The molecule has 0 rings (SSSR count). The van der Waals surface area contributed by atoms with Gasteiger partial charge in [-0.25, -0.2) is 4.79 Å². The summed E-state index contributed by atoms with van der Waals surface area (Å²) in [6.07, 6.45) is 0.447. The van der Waals surface area contributed by atoms with Gasteiger partial charge < -0.3 is 15.3 Å². The van der Waals surface area contributed by atoms with E-state index in [-0.39, 0.29) is 0 Å². The van der Waals surface area contributed by atoms with Crippen LogP contribution in [-0.2, 0) is 9.59 Å². The standard InChI is InChI=1S/C5H6O5/c6-2-3(7)1-4(8)5(9)10/h1,6,8H,2H2,(H,9,10). The van der Waals surface area contributed by atoms with Crippen molar-refractivity contribution in [2.24, 2.45) is 0 Å². The number of carbonyl (C=O) groups excluding carboxylic acids is 1. The maximum atomic E-state index is 10.2. The molecule has 5 heteroatoms. The molecule has 0 spiro atoms. The molecule has 0 heterocycles. The maximum absolute atomic E-state index is 10.2. The summed E-state index contributed by atoms with van der Waals surface area (Å²) < 4.78 is 0. The first-order valence-electron chi connectivity index (χ1n) is 2.35. The summed E-state index contributed by atoms with van der Waals surface area (Å²) in [7, 11) is 0. The highest BCUT2D eigenvalue weighted by Crippen LogP contribution is 1.87. The third-order valence-electron chi connectivity index (χ3n) is 0.673. The molecule has 0 aliphatic heterocycles. The van der Waals surface area contributed by atoms with Gasteiger partial charge in [0.05, 0.1) is 0 Å². The van der Waals surface area contributed by atoms with Crippen LogP contribution in [0.4, 0.5) is 0 Å². The molecule has 10 heavy (non-hydrogen) atoms. The van der Waals surface area contributed by atoms with E-state index >= 15 is 0 Å². The smallest absolute Gasteiger partial charge is 0.371 e. The SMILES string of the molecule is O=C(C=C(O)C(=O)O)CO. The van der Waals surface area contributed by atoms with Crippen LogP contribution < -0.4 is 0 Å². The first-order chi connectivity index (χ1) is 4.57. The molecule has 0 fully saturated rings. The van der Waals surface area contributed by atoms with Crippen LogP contribution in [0.25, 0.3) is 0 Å². The quantitative estimate of drug-likeness (QED) is 0.353. The molecule has 0 aliphatic rings. The molecule has 0 saturated heterocycles. The number of aliphatic hydroxyl groups excluding tert-OH is 2. The lowest BCUT2D eigenvalue weighted by Crippen LogP contribution is -2.05. The van der Waals surface area contributed by atoms with Crippen LogP contribution in [0.15, 0.2) is 11.8 Å². The molecule has 0 atom stereocenters. The van der Waals surface area contributed by atoms with Crippen LogP contribution in [0.3, 0.4) is 0 Å². The third kappa shape index (κ3) is 2.83. The molecule has 0 aromatic carbocycles. The Bertz CT molecular complexity index is 180. The molecule has 0 radical (unpaired) electrons. The Kier molecular flexibility index (Phi) is 3.13. The Balaban J connectivity index is 4.16. The van der Waals surface area contributed by atoms with Gasteiger partial charge in [-0.3, -0.25) is 4.79 Å². The first-order valence-corrected chi connectivity index (χ1v) is 2.35. The highest BCUT2D eigenvalue weighted by atomic mass is 16.4. The van der Waals surface area contributed by atoms with E-state index in [4.69, 9.17) is 15.3 Å². The molecular weight excluding hydrogens is 140 g/mol. The first kappa shape index (κ1) is 8.64. The molecule has 0 bridgehead atoms. The number of hydrogen-bond acceptors (Lipinski definition) is 4. The van der Waals surface area contributed by atoms with Crippen molar-refractivity contribution in [3.05, 3.63) is 11.8 Å². The molecule has 0 saturated carbocycles. The molecule has 0 aromatic heterocycles. The lowest BCUT2D eigenvalue weighted by molar-refractivity contribution is -0.136. The Morgan fingerprint density at radius 1 is 1.30 bits per heavy atom. The number of aliphatic carboxylic acids is 1. The number of rotatable bonds is 3. The van der Waals surface area contributed by atoms with Gasteiger partial charge in [-0.15, -0.1) is 0 Å². The van der Waals surface area contributed by atoms with E-state index in [0.717, 1.165) is 0 Å². The van der Waals surface area contributed by atoms with Crippen LogP contribution in [0.5, 0.6) is 0 Å². The van der Waals surface area contributed by atoms with E-state index in [1.807, 2.05) is 0 Å². The fourth-order valence-corrected chi connectivity index (χ4v) is 0.260. The monoisotopic (exact) mass is 146 g/mol. The highest BCUT2D eigenvalue weighted by Gasteiger charge is 2.05. The normalized spacial score (nSPS) is 11.1. The van der Waals surface area contributed by atoms with Crippen LogP contribution >= 0.6 is 0 Å². The summed E-state index contributed by atoms with van der Waals surface area (Å²) >= 11 is 0. The fraction of sp³-hybridized carbons (Fsp3) is 0.200. The summed E-state index contributed by atoms with van der Waals surface area (Å²) in [5.41, 5.74) is 0. The number of carboxylic acid groups (broad SMARTS) is 1. The highest BCUT2D eigenvalue weighted by molar-refractivity contribution is 5.97. The van der Waals surface area contributed by atoms with Crippen molar-refractivity contribution in [1.82, 2.24) is 0 Å². The summed E-state index contributed by atoms with van der Waals surface area (Å²) in [5, 5.41) is 24.4. The van der Waals surface area contributed by atoms with Gasteiger partial charge in [0.15, 0.2) is 5.78 Å². The van der Waals surface area contributed by atoms with Crippen LogP contribution in [0.1, 0.15) is 0 Å². The van der Waals surface area contributed by atoms with Gasteiger partial charge in [-0.05, 0) is 0 Å². The van der Waals surface area contributed by atoms with E-state index in [9.17, 15) is 9.59 Å². The molecule has 56 valence electrons. The molecule has 0 aromatic rings. The summed E-state index contributed by atoms with van der Waals surface area (Å²) in [4.78, 5) is 20.0. The van der Waals surface area contributed by atoms with Gasteiger partial charge in [-0.1, -0.05) is 0 Å². The Labute approximate surface area is 56.2 Å². The van der Waals surface area contributed by atoms with E-state index in [1.165, 1.54) is 0 Å². The zero-order valence-electron chi connectivity index (χ0n) is 4.94. The van der Waals surface area contributed by atoms with E-state index in [1.54, 1.807) is 0 Å². The minimum absolute atomic E-state index is 0.447. The van der Waals surface area contributed by atoms with E-state index < -0.39 is 24.1 Å². The second kappa shape index (κ2) is 3.62.